The summed E-state index contributed by atoms with van der Waals surface area (Å²) in [6, 6.07) is 6.41. The first-order valence-corrected chi connectivity index (χ1v) is 10.3. The molecule has 2 unspecified atom stereocenters. The van der Waals surface area contributed by atoms with E-state index in [1.807, 2.05) is 0 Å². The first kappa shape index (κ1) is 24.4. The number of nitrogens with one attached hydrogen (secondary N) is 3. The van der Waals surface area contributed by atoms with Crippen LogP contribution >= 0.6 is 0 Å². The molecule has 0 bridgehead atoms. The molecule has 0 saturated carbocycles. The van der Waals surface area contributed by atoms with E-state index in [0.29, 0.717) is 11.1 Å². The Morgan fingerprint density at radius 2 is 1.97 bits per heavy atom. The van der Waals surface area contributed by atoms with Crippen molar-refractivity contribution in [3.63, 3.8) is 0 Å². The third-order valence-electron chi connectivity index (χ3n) is 5.12. The molecule has 1 fully saturated rings. The van der Waals surface area contributed by atoms with Crippen molar-refractivity contribution in [1.29, 1.82) is 0 Å². The number of amides is 2. The van der Waals surface area contributed by atoms with Crippen molar-refractivity contribution in [3.8, 4) is 5.88 Å². The molecule has 7 nitrogen and oxygen atoms in total. The summed E-state index contributed by atoms with van der Waals surface area (Å²) in [5.41, 5.74) is 1.02. The third kappa shape index (κ3) is 6.41. The van der Waals surface area contributed by atoms with Crippen LogP contribution in [0.5, 0.6) is 5.88 Å². The molecular formula is C22H24F4N4O3. The van der Waals surface area contributed by atoms with Gasteiger partial charge in [0.15, 0.2) is 0 Å². The van der Waals surface area contributed by atoms with Crippen molar-refractivity contribution in [2.24, 2.45) is 5.92 Å². The van der Waals surface area contributed by atoms with Crippen LogP contribution in [0.15, 0.2) is 36.5 Å². The summed E-state index contributed by atoms with van der Waals surface area (Å²) in [7, 11) is 0. The monoisotopic (exact) mass is 468 g/mol. The summed E-state index contributed by atoms with van der Waals surface area (Å²) in [4.78, 5) is 28.0. The second-order valence-electron chi connectivity index (χ2n) is 7.87. The van der Waals surface area contributed by atoms with Gasteiger partial charge < -0.3 is 15.4 Å². The van der Waals surface area contributed by atoms with Gasteiger partial charge in [-0.1, -0.05) is 38.1 Å². The second kappa shape index (κ2) is 10.6. The number of alkyl halides is 4. The van der Waals surface area contributed by atoms with Crippen LogP contribution in [0.2, 0.25) is 0 Å². The van der Waals surface area contributed by atoms with Crippen molar-refractivity contribution in [2.45, 2.75) is 52.1 Å². The molecule has 11 heteroatoms. The number of rotatable bonds is 8. The van der Waals surface area contributed by atoms with Crippen LogP contribution in [0.4, 0.5) is 17.6 Å². The first-order chi connectivity index (χ1) is 15.6. The lowest BCUT2D eigenvalue weighted by molar-refractivity contribution is -0.125. The molecule has 0 radical (unpaired) electrons. The van der Waals surface area contributed by atoms with Gasteiger partial charge in [0.1, 0.15) is 6.17 Å². The van der Waals surface area contributed by atoms with Crippen LogP contribution in [0.1, 0.15) is 61.2 Å². The number of hydrogen-bond donors (Lipinski definition) is 3. The zero-order valence-corrected chi connectivity index (χ0v) is 17.9. The maximum absolute atomic E-state index is 13.7. The number of benzene rings is 1. The average molecular weight is 468 g/mol. The molecule has 1 aromatic carbocycles. The molecule has 2 aromatic rings. The van der Waals surface area contributed by atoms with Crippen LogP contribution in [0, 0.1) is 5.92 Å². The third-order valence-corrected chi connectivity index (χ3v) is 5.12. The predicted molar refractivity (Wildman–Crippen MR) is 110 cm³/mol. The van der Waals surface area contributed by atoms with E-state index >= 15 is 0 Å². The SMILES string of the molecule is CC(C)C(=O)NCc1ccc(C(F)F)c(C2NC(=O)CC(c3ccc(OC(F)F)nc3)N2)c1. The highest BCUT2D eigenvalue weighted by Crippen LogP contribution is 2.32. The maximum Gasteiger partial charge on any atom is 0.388 e. The topological polar surface area (TPSA) is 92.4 Å². The van der Waals surface area contributed by atoms with E-state index in [2.05, 4.69) is 25.7 Å². The Labute approximate surface area is 187 Å². The summed E-state index contributed by atoms with van der Waals surface area (Å²) >= 11 is 0. The van der Waals surface area contributed by atoms with Crippen LogP contribution < -0.4 is 20.7 Å². The Kier molecular flexibility index (Phi) is 7.85. The molecule has 3 rings (SSSR count). The van der Waals surface area contributed by atoms with Gasteiger partial charge in [-0.25, -0.2) is 13.8 Å². The molecule has 2 heterocycles. The number of carbonyl (C=O) groups excluding carboxylic acids is 2. The lowest BCUT2D eigenvalue weighted by atomic mass is 9.96. The van der Waals surface area contributed by atoms with Crippen LogP contribution in [0.25, 0.3) is 0 Å². The van der Waals surface area contributed by atoms with Crippen LogP contribution in [-0.2, 0) is 16.1 Å². The lowest BCUT2D eigenvalue weighted by Crippen LogP contribution is -2.47. The minimum atomic E-state index is -3.02. The molecule has 2 atom stereocenters. The fourth-order valence-electron chi connectivity index (χ4n) is 3.42. The average Bonchev–Trinajstić information content (AvgIpc) is 2.76. The van der Waals surface area contributed by atoms with E-state index in [-0.39, 0.29) is 47.7 Å². The highest BCUT2D eigenvalue weighted by molar-refractivity contribution is 5.78. The van der Waals surface area contributed by atoms with Gasteiger partial charge in [-0.05, 0) is 16.7 Å². The van der Waals surface area contributed by atoms with Gasteiger partial charge in [0.05, 0.1) is 0 Å². The molecule has 1 aliphatic rings. The Morgan fingerprint density at radius 1 is 1.21 bits per heavy atom. The fourth-order valence-corrected chi connectivity index (χ4v) is 3.42. The molecule has 2 amide bonds. The Bertz CT molecular complexity index is 986. The molecule has 1 aliphatic heterocycles. The highest BCUT2D eigenvalue weighted by Gasteiger charge is 2.31. The van der Waals surface area contributed by atoms with Crippen LogP contribution in [0.3, 0.4) is 0 Å². The number of aromatic nitrogens is 1. The van der Waals surface area contributed by atoms with Crippen molar-refractivity contribution >= 4 is 11.8 Å². The summed E-state index contributed by atoms with van der Waals surface area (Å²) in [5.74, 6) is -1.06. The maximum atomic E-state index is 13.7. The second-order valence-corrected chi connectivity index (χ2v) is 7.87. The van der Waals surface area contributed by atoms with Gasteiger partial charge in [0, 0.05) is 42.8 Å². The summed E-state index contributed by atoms with van der Waals surface area (Å²) in [6.07, 6.45) is -2.43. The molecule has 0 spiro atoms. The van der Waals surface area contributed by atoms with Crippen molar-refractivity contribution in [1.82, 2.24) is 20.9 Å². The van der Waals surface area contributed by atoms with Gasteiger partial charge in [-0.3, -0.25) is 14.9 Å². The van der Waals surface area contributed by atoms with Crippen molar-refractivity contribution in [2.75, 3.05) is 0 Å². The molecule has 1 aromatic heterocycles. The Balaban J connectivity index is 1.83. The number of nitrogens with zero attached hydrogens (tertiary/aromatic N) is 1. The molecule has 0 aliphatic carbocycles. The first-order valence-electron chi connectivity index (χ1n) is 10.3. The van der Waals surface area contributed by atoms with Gasteiger partial charge in [0.2, 0.25) is 17.7 Å². The molecular weight excluding hydrogens is 444 g/mol. The lowest BCUT2D eigenvalue weighted by Gasteiger charge is -2.33. The van der Waals surface area contributed by atoms with Crippen molar-refractivity contribution in [3.05, 3.63) is 58.8 Å². The van der Waals surface area contributed by atoms with E-state index < -0.39 is 25.2 Å². The molecule has 1 saturated heterocycles. The Morgan fingerprint density at radius 3 is 2.58 bits per heavy atom. The number of pyridine rings is 1. The summed E-state index contributed by atoms with van der Waals surface area (Å²) < 4.78 is 56.3. The Hall–Kier alpha value is -3.21. The van der Waals surface area contributed by atoms with Gasteiger partial charge in [0.25, 0.3) is 6.43 Å². The predicted octanol–water partition coefficient (Wildman–Crippen LogP) is 3.74. The summed E-state index contributed by atoms with van der Waals surface area (Å²) in [5, 5.41) is 8.49. The molecule has 33 heavy (non-hydrogen) atoms. The van der Waals surface area contributed by atoms with E-state index in [9.17, 15) is 27.2 Å². The zero-order chi connectivity index (χ0) is 24.1. The standard InChI is InChI=1S/C22H24F4N4O3/c1-11(2)21(32)28-9-12-3-5-14(19(23)24)15(7-12)20-29-16(8-17(31)30-20)13-4-6-18(27-10-13)33-22(25)26/h3-7,10-11,16,19-20,22,29H,8-9H2,1-2H3,(H,28,32)(H,30,31). The number of halogens is 4. The molecule has 178 valence electrons. The minimum absolute atomic E-state index is 0.00137. The number of hydrogen-bond acceptors (Lipinski definition) is 5. The van der Waals surface area contributed by atoms with E-state index in [1.54, 1.807) is 13.8 Å². The van der Waals surface area contributed by atoms with E-state index in [4.69, 9.17) is 0 Å². The number of ether oxygens (including phenoxy) is 1. The van der Waals surface area contributed by atoms with Gasteiger partial charge in [-0.15, -0.1) is 0 Å². The van der Waals surface area contributed by atoms with E-state index in [0.717, 1.165) is 0 Å². The smallest absolute Gasteiger partial charge is 0.388 e. The van der Waals surface area contributed by atoms with Gasteiger partial charge in [-0.2, -0.15) is 8.78 Å². The summed E-state index contributed by atoms with van der Waals surface area (Å²) in [6.45, 7) is 0.608. The molecule has 3 N–H and O–H groups in total. The van der Waals surface area contributed by atoms with Gasteiger partial charge >= 0.3 is 6.61 Å². The van der Waals surface area contributed by atoms with E-state index in [1.165, 1.54) is 36.5 Å². The largest absolute Gasteiger partial charge is 0.417 e. The normalized spacial score (nSPS) is 18.5. The zero-order valence-electron chi connectivity index (χ0n) is 17.9. The van der Waals surface area contributed by atoms with Crippen LogP contribution in [-0.4, -0.2) is 23.4 Å². The minimum Gasteiger partial charge on any atom is -0.417 e. The highest BCUT2D eigenvalue weighted by atomic mass is 19.3. The quantitative estimate of drug-likeness (QED) is 0.514. The fraction of sp³-hybridized carbons (Fsp3) is 0.409. The number of carbonyl (C=O) groups is 2. The van der Waals surface area contributed by atoms with Crippen molar-refractivity contribution < 1.29 is 31.9 Å².